The van der Waals surface area contributed by atoms with Gasteiger partial charge in [-0.05, 0) is 36.5 Å². The molecule has 0 aliphatic carbocycles. The number of hydrogen-bond donors (Lipinski definition) is 2. The molecule has 7 nitrogen and oxygen atoms in total. The van der Waals surface area contributed by atoms with Gasteiger partial charge in [0.25, 0.3) is 11.6 Å². The quantitative estimate of drug-likeness (QED) is 0.548. The van der Waals surface area contributed by atoms with E-state index >= 15 is 0 Å². The smallest absolute Gasteiger partial charge is 0.293 e. The first-order chi connectivity index (χ1) is 13.5. The van der Waals surface area contributed by atoms with Crippen LogP contribution < -0.4 is 11.1 Å². The third kappa shape index (κ3) is 5.46. The summed E-state index contributed by atoms with van der Waals surface area (Å²) >= 11 is 0. The van der Waals surface area contributed by atoms with Crippen molar-refractivity contribution >= 4 is 29.7 Å². The zero-order chi connectivity index (χ0) is 20.1. The van der Waals surface area contributed by atoms with Gasteiger partial charge >= 0.3 is 0 Å². The van der Waals surface area contributed by atoms with Crippen LogP contribution in [0, 0.1) is 16.0 Å². The number of rotatable bonds is 6. The molecule has 1 saturated heterocycles. The Balaban J connectivity index is 0.00000300. The zero-order valence-electron chi connectivity index (χ0n) is 16.4. The second-order valence-corrected chi connectivity index (χ2v) is 7.35. The summed E-state index contributed by atoms with van der Waals surface area (Å²) in [5.74, 6) is 0.330. The first-order valence-corrected chi connectivity index (χ1v) is 9.57. The lowest BCUT2D eigenvalue weighted by atomic mass is 9.92. The molecule has 156 valence electrons. The Hall–Kier alpha value is -2.64. The van der Waals surface area contributed by atoms with Gasteiger partial charge in [0.2, 0.25) is 0 Å². The van der Waals surface area contributed by atoms with Crippen molar-refractivity contribution in [2.75, 3.05) is 18.4 Å². The number of piperidine rings is 1. The van der Waals surface area contributed by atoms with Crippen molar-refractivity contribution in [2.45, 2.75) is 32.4 Å². The van der Waals surface area contributed by atoms with E-state index in [4.69, 9.17) is 5.73 Å². The number of hydrogen-bond acceptors (Lipinski definition) is 5. The number of amides is 1. The van der Waals surface area contributed by atoms with Gasteiger partial charge in [0.15, 0.2) is 0 Å². The molecule has 1 aliphatic rings. The highest BCUT2D eigenvalue weighted by Crippen LogP contribution is 2.29. The molecule has 0 aromatic heterocycles. The van der Waals surface area contributed by atoms with Crippen LogP contribution in [0.25, 0.3) is 0 Å². The lowest BCUT2D eigenvalue weighted by molar-refractivity contribution is -0.384. The predicted molar refractivity (Wildman–Crippen MR) is 116 cm³/mol. The molecule has 3 rings (SSSR count). The van der Waals surface area contributed by atoms with E-state index in [2.05, 4.69) is 12.2 Å². The molecule has 8 heteroatoms. The molecule has 0 saturated carbocycles. The van der Waals surface area contributed by atoms with Gasteiger partial charge in [-0.15, -0.1) is 12.4 Å². The first kappa shape index (κ1) is 22.6. The standard InChI is InChI=1S/C21H26N4O3.ClH/c1-15-9-10-24(18(11-15)13-22)21(26)17-7-8-19(20(12-17)25(27)28)23-14-16-5-3-2-4-6-16;/h2-8,12,15,18,23H,9-11,13-14,22H2,1H3;1H. The van der Waals surface area contributed by atoms with Crippen molar-refractivity contribution in [3.05, 3.63) is 69.8 Å². The van der Waals surface area contributed by atoms with Crippen LogP contribution in [0.15, 0.2) is 48.5 Å². The highest BCUT2D eigenvalue weighted by molar-refractivity contribution is 5.96. The minimum Gasteiger partial charge on any atom is -0.375 e. The highest BCUT2D eigenvalue weighted by atomic mass is 35.5. The fourth-order valence-corrected chi connectivity index (χ4v) is 3.67. The molecule has 2 atom stereocenters. The molecular formula is C21H27ClN4O3. The number of nitro groups is 1. The zero-order valence-corrected chi connectivity index (χ0v) is 17.2. The van der Waals surface area contributed by atoms with Crippen molar-refractivity contribution in [3.63, 3.8) is 0 Å². The van der Waals surface area contributed by atoms with E-state index in [9.17, 15) is 14.9 Å². The summed E-state index contributed by atoms with van der Waals surface area (Å²) in [6.45, 7) is 3.65. The minimum absolute atomic E-state index is 0. The fourth-order valence-electron chi connectivity index (χ4n) is 3.67. The van der Waals surface area contributed by atoms with Crippen LogP contribution in [-0.4, -0.2) is 34.9 Å². The summed E-state index contributed by atoms with van der Waals surface area (Å²) in [5.41, 5.74) is 7.50. The van der Waals surface area contributed by atoms with Gasteiger partial charge in [0.05, 0.1) is 4.92 Å². The second-order valence-electron chi connectivity index (χ2n) is 7.35. The summed E-state index contributed by atoms with van der Waals surface area (Å²) in [6.07, 6.45) is 1.78. The molecule has 29 heavy (non-hydrogen) atoms. The fraction of sp³-hybridized carbons (Fsp3) is 0.381. The van der Waals surface area contributed by atoms with Gasteiger partial charge in [-0.2, -0.15) is 0 Å². The van der Waals surface area contributed by atoms with Crippen molar-refractivity contribution in [2.24, 2.45) is 11.7 Å². The molecule has 1 heterocycles. The minimum atomic E-state index is -0.456. The molecule has 1 amide bonds. The Bertz CT molecular complexity index is 847. The van der Waals surface area contributed by atoms with Crippen molar-refractivity contribution in [3.8, 4) is 0 Å². The SMILES string of the molecule is CC1CCN(C(=O)c2ccc(NCc3ccccc3)c([N+](=O)[O-])c2)C(CN)C1.Cl. The summed E-state index contributed by atoms with van der Waals surface area (Å²) < 4.78 is 0. The van der Waals surface area contributed by atoms with E-state index < -0.39 is 4.92 Å². The van der Waals surface area contributed by atoms with Crippen LogP contribution in [0.3, 0.4) is 0 Å². The number of nitrogens with one attached hydrogen (secondary N) is 1. The molecule has 2 unspecified atom stereocenters. The normalized spacial score (nSPS) is 18.6. The number of carbonyl (C=O) groups is 1. The Morgan fingerprint density at radius 2 is 2.00 bits per heavy atom. The summed E-state index contributed by atoms with van der Waals surface area (Å²) in [4.78, 5) is 25.8. The van der Waals surface area contributed by atoms with Gasteiger partial charge in [-0.3, -0.25) is 14.9 Å². The molecule has 0 spiro atoms. The number of carbonyl (C=O) groups excluding carboxylic acids is 1. The van der Waals surface area contributed by atoms with Crippen LogP contribution in [0.1, 0.15) is 35.7 Å². The van der Waals surface area contributed by atoms with Crippen molar-refractivity contribution in [1.29, 1.82) is 0 Å². The monoisotopic (exact) mass is 418 g/mol. The maximum atomic E-state index is 13.0. The van der Waals surface area contributed by atoms with E-state index in [1.807, 2.05) is 30.3 Å². The van der Waals surface area contributed by atoms with Gasteiger partial charge in [-0.1, -0.05) is 37.3 Å². The van der Waals surface area contributed by atoms with Crippen LogP contribution in [-0.2, 0) is 6.54 Å². The molecule has 2 aromatic carbocycles. The number of nitrogens with two attached hydrogens (primary N) is 1. The maximum Gasteiger partial charge on any atom is 0.293 e. The number of halogens is 1. The number of anilines is 1. The topological polar surface area (TPSA) is 102 Å². The second kappa shape index (κ2) is 10.2. The average Bonchev–Trinajstić information content (AvgIpc) is 2.72. The Labute approximate surface area is 176 Å². The van der Waals surface area contributed by atoms with E-state index in [1.165, 1.54) is 6.07 Å². The number of nitro benzene ring substituents is 1. The van der Waals surface area contributed by atoms with E-state index in [0.717, 1.165) is 18.4 Å². The van der Waals surface area contributed by atoms with Crippen LogP contribution in [0.5, 0.6) is 0 Å². The molecule has 1 aliphatic heterocycles. The van der Waals surface area contributed by atoms with E-state index in [0.29, 0.717) is 36.8 Å². The lowest BCUT2D eigenvalue weighted by Crippen LogP contribution is -2.49. The van der Waals surface area contributed by atoms with Gasteiger partial charge < -0.3 is 16.0 Å². The van der Waals surface area contributed by atoms with E-state index in [-0.39, 0.29) is 30.0 Å². The molecule has 3 N–H and O–H groups in total. The maximum absolute atomic E-state index is 13.0. The Morgan fingerprint density at radius 1 is 1.28 bits per heavy atom. The lowest BCUT2D eigenvalue weighted by Gasteiger charge is -2.38. The summed E-state index contributed by atoms with van der Waals surface area (Å²) in [7, 11) is 0. The number of likely N-dealkylation sites (tertiary alicyclic amines) is 1. The van der Waals surface area contributed by atoms with Crippen LogP contribution >= 0.6 is 12.4 Å². The Kier molecular flexibility index (Phi) is 7.99. The Morgan fingerprint density at radius 3 is 2.66 bits per heavy atom. The average molecular weight is 419 g/mol. The summed E-state index contributed by atoms with van der Waals surface area (Å²) in [6, 6.07) is 14.2. The third-order valence-corrected chi connectivity index (χ3v) is 5.28. The van der Waals surface area contributed by atoms with Gasteiger partial charge in [0, 0.05) is 37.3 Å². The molecule has 0 radical (unpaired) electrons. The van der Waals surface area contributed by atoms with Gasteiger partial charge in [0.1, 0.15) is 5.69 Å². The molecule has 0 bridgehead atoms. The van der Waals surface area contributed by atoms with Crippen LogP contribution in [0.4, 0.5) is 11.4 Å². The van der Waals surface area contributed by atoms with E-state index in [1.54, 1.807) is 17.0 Å². The van der Waals surface area contributed by atoms with Crippen molar-refractivity contribution < 1.29 is 9.72 Å². The molecule has 1 fully saturated rings. The number of nitrogens with zero attached hydrogens (tertiary/aromatic N) is 2. The highest BCUT2D eigenvalue weighted by Gasteiger charge is 2.30. The molecular weight excluding hydrogens is 392 g/mol. The largest absolute Gasteiger partial charge is 0.375 e. The summed E-state index contributed by atoms with van der Waals surface area (Å²) in [5, 5.41) is 14.7. The number of benzene rings is 2. The third-order valence-electron chi connectivity index (χ3n) is 5.28. The first-order valence-electron chi connectivity index (χ1n) is 9.57. The van der Waals surface area contributed by atoms with Crippen molar-refractivity contribution in [1.82, 2.24) is 4.90 Å². The predicted octanol–water partition coefficient (Wildman–Crippen LogP) is 3.83. The van der Waals surface area contributed by atoms with Gasteiger partial charge in [-0.25, -0.2) is 0 Å². The van der Waals surface area contributed by atoms with Crippen LogP contribution in [0.2, 0.25) is 0 Å². The molecule has 2 aromatic rings.